The molecule has 0 bridgehead atoms. The van der Waals surface area contributed by atoms with Gasteiger partial charge in [0.2, 0.25) is 0 Å². The first-order chi connectivity index (χ1) is 7.09. The van der Waals surface area contributed by atoms with Crippen LogP contribution in [0, 0.1) is 0 Å². The van der Waals surface area contributed by atoms with Gasteiger partial charge in [0.25, 0.3) is 0 Å². The minimum Gasteiger partial charge on any atom is -0.459 e. The molecule has 1 heterocycles. The lowest BCUT2D eigenvalue weighted by Crippen LogP contribution is -2.07. The summed E-state index contributed by atoms with van der Waals surface area (Å²) < 4.78 is 9.64. The maximum atomic E-state index is 10.7. The van der Waals surface area contributed by atoms with Crippen LogP contribution in [-0.2, 0) is 20.9 Å². The van der Waals surface area contributed by atoms with Gasteiger partial charge < -0.3 is 9.47 Å². The largest absolute Gasteiger partial charge is 0.459 e. The number of aromatic nitrogens is 1. The molecular weight excluding hydrogens is 234 g/mol. The zero-order valence-corrected chi connectivity index (χ0v) is 9.74. The van der Waals surface area contributed by atoms with Crippen LogP contribution in [0.2, 0.25) is 0 Å². The van der Waals surface area contributed by atoms with Crippen molar-refractivity contribution in [3.63, 3.8) is 0 Å². The Morgan fingerprint density at radius 3 is 2.56 bits per heavy atom. The first-order valence-corrected chi connectivity index (χ1v) is 4.35. The molecule has 0 aliphatic rings. The van der Waals surface area contributed by atoms with Crippen molar-refractivity contribution in [3.05, 3.63) is 24.0 Å². The van der Waals surface area contributed by atoms with Crippen molar-refractivity contribution < 1.29 is 19.1 Å². The van der Waals surface area contributed by atoms with Crippen LogP contribution in [0.1, 0.15) is 19.5 Å². The Balaban J connectivity index is 0.00000225. The summed E-state index contributed by atoms with van der Waals surface area (Å²) >= 11 is 0. The minimum absolute atomic E-state index is 0. The monoisotopic (exact) mass is 245 g/mol. The number of halogens is 1. The normalized spacial score (nSPS) is 8.88. The first-order valence-electron chi connectivity index (χ1n) is 4.35. The molecule has 0 saturated heterocycles. The van der Waals surface area contributed by atoms with Gasteiger partial charge in [0.1, 0.15) is 12.3 Å². The van der Waals surface area contributed by atoms with E-state index in [0.717, 1.165) is 0 Å². The second-order valence-electron chi connectivity index (χ2n) is 2.82. The van der Waals surface area contributed by atoms with Crippen molar-refractivity contribution in [2.75, 3.05) is 0 Å². The van der Waals surface area contributed by atoms with Crippen molar-refractivity contribution in [1.29, 1.82) is 0 Å². The highest BCUT2D eigenvalue weighted by atomic mass is 35.5. The number of pyridine rings is 1. The molecule has 0 amide bonds. The lowest BCUT2D eigenvalue weighted by molar-refractivity contribution is -0.142. The quantitative estimate of drug-likeness (QED) is 0.755. The molecule has 0 aliphatic heterocycles. The number of carbonyl (C=O) groups is 2. The lowest BCUT2D eigenvalue weighted by atomic mass is 10.3. The van der Waals surface area contributed by atoms with E-state index in [-0.39, 0.29) is 19.0 Å². The zero-order chi connectivity index (χ0) is 11.3. The smallest absolute Gasteiger partial charge is 0.308 e. The van der Waals surface area contributed by atoms with Crippen LogP contribution in [0.25, 0.3) is 0 Å². The summed E-state index contributed by atoms with van der Waals surface area (Å²) in [5, 5.41) is 0. The second kappa shape index (κ2) is 6.79. The summed E-state index contributed by atoms with van der Waals surface area (Å²) in [6.07, 6.45) is 1.53. The molecule has 1 aromatic heterocycles. The summed E-state index contributed by atoms with van der Waals surface area (Å²) in [6.45, 7) is 2.59. The Hall–Kier alpha value is -1.62. The van der Waals surface area contributed by atoms with Crippen LogP contribution < -0.4 is 4.74 Å². The average molecular weight is 246 g/mol. The lowest BCUT2D eigenvalue weighted by Gasteiger charge is -2.07. The molecule has 88 valence electrons. The van der Waals surface area contributed by atoms with Crippen LogP contribution in [0.5, 0.6) is 5.75 Å². The van der Waals surface area contributed by atoms with E-state index in [4.69, 9.17) is 9.47 Å². The number of hydrogen-bond donors (Lipinski definition) is 0. The summed E-state index contributed by atoms with van der Waals surface area (Å²) in [5.74, 6) is -0.534. The van der Waals surface area contributed by atoms with Crippen molar-refractivity contribution in [2.45, 2.75) is 20.5 Å². The van der Waals surface area contributed by atoms with E-state index in [1.165, 1.54) is 20.0 Å². The van der Waals surface area contributed by atoms with Crippen LogP contribution >= 0.6 is 12.4 Å². The molecule has 0 atom stereocenters. The third kappa shape index (κ3) is 4.75. The topological polar surface area (TPSA) is 65.5 Å². The van der Waals surface area contributed by atoms with Gasteiger partial charge >= 0.3 is 11.9 Å². The Bertz CT molecular complexity index is 381. The SMILES string of the molecule is CC(=O)OCc1ncccc1OC(C)=O.Cl. The fourth-order valence-electron chi connectivity index (χ4n) is 0.949. The van der Waals surface area contributed by atoms with Gasteiger partial charge in [-0.05, 0) is 12.1 Å². The van der Waals surface area contributed by atoms with Crippen LogP contribution in [-0.4, -0.2) is 16.9 Å². The van der Waals surface area contributed by atoms with Gasteiger partial charge in [-0.3, -0.25) is 14.6 Å². The van der Waals surface area contributed by atoms with E-state index in [1.807, 2.05) is 0 Å². The molecule has 0 saturated carbocycles. The van der Waals surface area contributed by atoms with Gasteiger partial charge in [0.15, 0.2) is 5.75 Å². The molecule has 0 fully saturated rings. The number of carbonyl (C=O) groups excluding carboxylic acids is 2. The maximum absolute atomic E-state index is 10.7. The Kier molecular flexibility index (Phi) is 6.10. The van der Waals surface area contributed by atoms with E-state index in [0.29, 0.717) is 11.4 Å². The summed E-state index contributed by atoms with van der Waals surface area (Å²) in [4.78, 5) is 25.3. The standard InChI is InChI=1S/C10H11NO4.ClH/c1-7(12)14-6-9-10(15-8(2)13)4-3-5-11-9;/h3-5H,6H2,1-2H3;1H. The van der Waals surface area contributed by atoms with Crippen LogP contribution in [0.4, 0.5) is 0 Å². The van der Waals surface area contributed by atoms with Crippen molar-refractivity contribution in [1.82, 2.24) is 4.98 Å². The van der Waals surface area contributed by atoms with Gasteiger partial charge in [-0.2, -0.15) is 0 Å². The predicted molar refractivity (Wildman–Crippen MR) is 58.3 cm³/mol. The van der Waals surface area contributed by atoms with Gasteiger partial charge in [0.05, 0.1) is 0 Å². The fourth-order valence-corrected chi connectivity index (χ4v) is 0.949. The number of nitrogens with zero attached hydrogens (tertiary/aromatic N) is 1. The van der Waals surface area contributed by atoms with Crippen molar-refractivity contribution in [2.24, 2.45) is 0 Å². The average Bonchev–Trinajstić information content (AvgIpc) is 2.15. The Morgan fingerprint density at radius 1 is 1.31 bits per heavy atom. The Morgan fingerprint density at radius 2 is 2.00 bits per heavy atom. The van der Waals surface area contributed by atoms with E-state index < -0.39 is 11.9 Å². The fraction of sp³-hybridized carbons (Fsp3) is 0.300. The molecule has 1 aromatic rings. The molecule has 0 N–H and O–H groups in total. The number of esters is 2. The third-order valence-corrected chi connectivity index (χ3v) is 1.51. The maximum Gasteiger partial charge on any atom is 0.308 e. The highest BCUT2D eigenvalue weighted by Gasteiger charge is 2.07. The molecule has 16 heavy (non-hydrogen) atoms. The van der Waals surface area contributed by atoms with Gasteiger partial charge in [-0.1, -0.05) is 0 Å². The summed E-state index contributed by atoms with van der Waals surface area (Å²) in [7, 11) is 0. The second-order valence-corrected chi connectivity index (χ2v) is 2.82. The Labute approximate surface area is 99.2 Å². The van der Waals surface area contributed by atoms with E-state index in [9.17, 15) is 9.59 Å². The summed E-state index contributed by atoms with van der Waals surface area (Å²) in [6, 6.07) is 3.22. The molecule has 0 radical (unpaired) electrons. The zero-order valence-electron chi connectivity index (χ0n) is 8.93. The molecule has 1 rings (SSSR count). The summed E-state index contributed by atoms with van der Waals surface area (Å²) in [5.41, 5.74) is 0.419. The van der Waals surface area contributed by atoms with E-state index in [1.54, 1.807) is 12.1 Å². The third-order valence-electron chi connectivity index (χ3n) is 1.51. The predicted octanol–water partition coefficient (Wildman–Crippen LogP) is 1.49. The molecule has 0 unspecified atom stereocenters. The molecule has 6 heteroatoms. The van der Waals surface area contributed by atoms with E-state index in [2.05, 4.69) is 4.98 Å². The van der Waals surface area contributed by atoms with Gasteiger partial charge in [-0.15, -0.1) is 12.4 Å². The molecule has 5 nitrogen and oxygen atoms in total. The first kappa shape index (κ1) is 14.4. The molecular formula is C10H12ClNO4. The highest BCUT2D eigenvalue weighted by Crippen LogP contribution is 2.16. The van der Waals surface area contributed by atoms with Crippen LogP contribution in [0.15, 0.2) is 18.3 Å². The number of hydrogen-bond acceptors (Lipinski definition) is 5. The molecule has 0 spiro atoms. The number of ether oxygens (including phenoxy) is 2. The van der Waals surface area contributed by atoms with Crippen molar-refractivity contribution in [3.8, 4) is 5.75 Å². The van der Waals surface area contributed by atoms with Gasteiger partial charge in [0, 0.05) is 20.0 Å². The van der Waals surface area contributed by atoms with Gasteiger partial charge in [-0.25, -0.2) is 0 Å². The minimum atomic E-state index is -0.438. The number of rotatable bonds is 3. The van der Waals surface area contributed by atoms with E-state index >= 15 is 0 Å². The van der Waals surface area contributed by atoms with Crippen LogP contribution in [0.3, 0.4) is 0 Å². The molecule has 0 aromatic carbocycles. The highest BCUT2D eigenvalue weighted by molar-refractivity contribution is 5.85. The van der Waals surface area contributed by atoms with Crippen molar-refractivity contribution >= 4 is 24.3 Å². The molecule has 0 aliphatic carbocycles.